The van der Waals surface area contributed by atoms with E-state index in [4.69, 9.17) is 0 Å². The average Bonchev–Trinajstić information content (AvgIpc) is 2.84. The number of carbonyl (C=O) groups is 1. The fourth-order valence-corrected chi connectivity index (χ4v) is 2.12. The standard InChI is InChI=1S/C13H23N5O3/c1-5-16(6-2)8-7-14-13(19)11(4)17-10(3)12(9-15-17)18(20)21/h9,11H,5-8H2,1-4H3,(H,14,19). The van der Waals surface area contributed by atoms with Crippen molar-refractivity contribution in [2.45, 2.75) is 33.7 Å². The highest BCUT2D eigenvalue weighted by molar-refractivity contribution is 5.79. The predicted octanol–water partition coefficient (Wildman–Crippen LogP) is 1.12. The quantitative estimate of drug-likeness (QED) is 0.573. The third kappa shape index (κ3) is 4.25. The van der Waals surface area contributed by atoms with Gasteiger partial charge < -0.3 is 10.2 Å². The minimum absolute atomic E-state index is 0.0715. The molecule has 21 heavy (non-hydrogen) atoms. The third-order valence-electron chi connectivity index (χ3n) is 3.58. The predicted molar refractivity (Wildman–Crippen MR) is 79.1 cm³/mol. The van der Waals surface area contributed by atoms with Gasteiger partial charge in [0.2, 0.25) is 5.91 Å². The normalized spacial score (nSPS) is 12.4. The van der Waals surface area contributed by atoms with Crippen LogP contribution in [0.3, 0.4) is 0 Å². The van der Waals surface area contributed by atoms with Crippen molar-refractivity contribution in [3.05, 3.63) is 22.0 Å². The molecule has 0 spiro atoms. The van der Waals surface area contributed by atoms with Crippen molar-refractivity contribution in [1.29, 1.82) is 0 Å². The van der Waals surface area contributed by atoms with Gasteiger partial charge in [0, 0.05) is 13.1 Å². The van der Waals surface area contributed by atoms with E-state index in [2.05, 4.69) is 29.2 Å². The molecule has 0 saturated heterocycles. The highest BCUT2D eigenvalue weighted by Crippen LogP contribution is 2.19. The summed E-state index contributed by atoms with van der Waals surface area (Å²) in [5.74, 6) is -0.191. The van der Waals surface area contributed by atoms with Crippen LogP contribution in [0.4, 0.5) is 5.69 Å². The Labute approximate surface area is 124 Å². The van der Waals surface area contributed by atoms with Gasteiger partial charge in [-0.3, -0.25) is 19.6 Å². The molecule has 0 aliphatic heterocycles. The zero-order valence-electron chi connectivity index (χ0n) is 13.0. The minimum Gasteiger partial charge on any atom is -0.353 e. The van der Waals surface area contributed by atoms with Gasteiger partial charge in [0.05, 0.1) is 4.92 Å². The number of hydrogen-bond acceptors (Lipinski definition) is 5. The molecule has 1 aromatic heterocycles. The zero-order chi connectivity index (χ0) is 16.0. The van der Waals surface area contributed by atoms with Crippen LogP contribution < -0.4 is 5.32 Å². The van der Waals surface area contributed by atoms with E-state index in [0.29, 0.717) is 12.2 Å². The first-order valence-electron chi connectivity index (χ1n) is 7.10. The summed E-state index contributed by atoms with van der Waals surface area (Å²) in [5.41, 5.74) is 0.309. The highest BCUT2D eigenvalue weighted by atomic mass is 16.6. The SMILES string of the molecule is CCN(CC)CCNC(=O)C(C)n1ncc([N+](=O)[O-])c1C. The Hall–Kier alpha value is -1.96. The Morgan fingerprint density at radius 3 is 2.62 bits per heavy atom. The van der Waals surface area contributed by atoms with E-state index in [1.807, 2.05) is 0 Å². The molecule has 1 aromatic rings. The van der Waals surface area contributed by atoms with Gasteiger partial charge in [0.25, 0.3) is 0 Å². The fourth-order valence-electron chi connectivity index (χ4n) is 2.12. The average molecular weight is 297 g/mol. The molecule has 1 atom stereocenters. The molecule has 1 N–H and O–H groups in total. The topological polar surface area (TPSA) is 93.3 Å². The van der Waals surface area contributed by atoms with E-state index in [1.165, 1.54) is 10.9 Å². The maximum Gasteiger partial charge on any atom is 0.309 e. The number of rotatable bonds is 8. The summed E-state index contributed by atoms with van der Waals surface area (Å²) < 4.78 is 1.38. The Morgan fingerprint density at radius 2 is 2.14 bits per heavy atom. The Kier molecular flexibility index (Phi) is 6.29. The molecule has 0 fully saturated rings. The van der Waals surface area contributed by atoms with Crippen LogP contribution in [0.5, 0.6) is 0 Å². The van der Waals surface area contributed by atoms with Crippen LogP contribution in [-0.4, -0.2) is 51.7 Å². The van der Waals surface area contributed by atoms with Crippen molar-refractivity contribution in [1.82, 2.24) is 20.0 Å². The van der Waals surface area contributed by atoms with Gasteiger partial charge in [-0.2, -0.15) is 5.10 Å². The summed E-state index contributed by atoms with van der Waals surface area (Å²) in [4.78, 5) is 24.6. The summed E-state index contributed by atoms with van der Waals surface area (Å²) in [6.45, 7) is 10.6. The Morgan fingerprint density at radius 1 is 1.52 bits per heavy atom. The van der Waals surface area contributed by atoms with Crippen molar-refractivity contribution in [3.63, 3.8) is 0 Å². The molecule has 0 aromatic carbocycles. The second kappa shape index (κ2) is 7.72. The van der Waals surface area contributed by atoms with E-state index in [9.17, 15) is 14.9 Å². The van der Waals surface area contributed by atoms with Crippen LogP contribution in [0, 0.1) is 17.0 Å². The van der Waals surface area contributed by atoms with E-state index in [-0.39, 0.29) is 11.6 Å². The molecular weight excluding hydrogens is 274 g/mol. The highest BCUT2D eigenvalue weighted by Gasteiger charge is 2.23. The number of hydrogen-bond donors (Lipinski definition) is 1. The number of likely N-dealkylation sites (N-methyl/N-ethyl adjacent to an activating group) is 1. The fraction of sp³-hybridized carbons (Fsp3) is 0.692. The number of nitrogens with zero attached hydrogens (tertiary/aromatic N) is 4. The molecule has 8 heteroatoms. The Balaban J connectivity index is 2.60. The second-order valence-electron chi connectivity index (χ2n) is 4.81. The van der Waals surface area contributed by atoms with Crippen LogP contribution in [-0.2, 0) is 4.79 Å². The third-order valence-corrected chi connectivity index (χ3v) is 3.58. The second-order valence-corrected chi connectivity index (χ2v) is 4.81. The van der Waals surface area contributed by atoms with E-state index in [1.54, 1.807) is 13.8 Å². The van der Waals surface area contributed by atoms with Crippen LogP contribution in [0.15, 0.2) is 6.20 Å². The van der Waals surface area contributed by atoms with Gasteiger partial charge >= 0.3 is 5.69 Å². The van der Waals surface area contributed by atoms with Crippen molar-refractivity contribution in [2.24, 2.45) is 0 Å². The largest absolute Gasteiger partial charge is 0.353 e. The first kappa shape index (κ1) is 17.1. The van der Waals surface area contributed by atoms with Crippen LogP contribution in [0.1, 0.15) is 32.5 Å². The van der Waals surface area contributed by atoms with Gasteiger partial charge in [0.1, 0.15) is 17.9 Å². The lowest BCUT2D eigenvalue weighted by molar-refractivity contribution is -0.385. The molecule has 1 rings (SSSR count). The number of amides is 1. The molecule has 8 nitrogen and oxygen atoms in total. The monoisotopic (exact) mass is 297 g/mol. The summed E-state index contributed by atoms with van der Waals surface area (Å²) in [7, 11) is 0. The number of carbonyl (C=O) groups excluding carboxylic acids is 1. The van der Waals surface area contributed by atoms with E-state index in [0.717, 1.165) is 19.6 Å². The molecule has 0 radical (unpaired) electrons. The molecule has 1 heterocycles. The van der Waals surface area contributed by atoms with Crippen LogP contribution in [0.25, 0.3) is 0 Å². The molecule has 1 amide bonds. The number of nitro groups is 1. The van der Waals surface area contributed by atoms with E-state index >= 15 is 0 Å². The summed E-state index contributed by atoms with van der Waals surface area (Å²) in [6, 6.07) is -0.574. The van der Waals surface area contributed by atoms with Crippen LogP contribution in [0.2, 0.25) is 0 Å². The van der Waals surface area contributed by atoms with Gasteiger partial charge in [-0.25, -0.2) is 0 Å². The molecule has 118 valence electrons. The minimum atomic E-state index is -0.574. The van der Waals surface area contributed by atoms with Crippen molar-refractivity contribution >= 4 is 11.6 Å². The van der Waals surface area contributed by atoms with Gasteiger partial charge in [-0.15, -0.1) is 0 Å². The maximum absolute atomic E-state index is 12.1. The first-order valence-corrected chi connectivity index (χ1v) is 7.10. The van der Waals surface area contributed by atoms with Crippen molar-refractivity contribution in [2.75, 3.05) is 26.2 Å². The number of aromatic nitrogens is 2. The molecule has 0 bridgehead atoms. The summed E-state index contributed by atoms with van der Waals surface area (Å²) in [6.07, 6.45) is 1.18. The zero-order valence-corrected chi connectivity index (χ0v) is 13.0. The lowest BCUT2D eigenvalue weighted by atomic mass is 10.3. The number of nitrogens with one attached hydrogen (secondary N) is 1. The van der Waals surface area contributed by atoms with Gasteiger partial charge in [-0.1, -0.05) is 13.8 Å². The summed E-state index contributed by atoms with van der Waals surface area (Å²) in [5, 5.41) is 17.6. The lowest BCUT2D eigenvalue weighted by Crippen LogP contribution is -2.38. The first-order chi connectivity index (χ1) is 9.92. The van der Waals surface area contributed by atoms with Gasteiger partial charge in [0.15, 0.2) is 0 Å². The van der Waals surface area contributed by atoms with Crippen molar-refractivity contribution < 1.29 is 9.72 Å². The molecule has 0 saturated carbocycles. The molecule has 1 unspecified atom stereocenters. The maximum atomic E-state index is 12.1. The molecule has 0 aliphatic rings. The molecule has 0 aliphatic carbocycles. The van der Waals surface area contributed by atoms with Crippen molar-refractivity contribution in [3.8, 4) is 0 Å². The van der Waals surface area contributed by atoms with Gasteiger partial charge in [-0.05, 0) is 26.9 Å². The Bertz CT molecular complexity index is 496. The summed E-state index contributed by atoms with van der Waals surface area (Å²) >= 11 is 0. The lowest BCUT2D eigenvalue weighted by Gasteiger charge is -2.19. The molecular formula is C13H23N5O3. The van der Waals surface area contributed by atoms with E-state index < -0.39 is 11.0 Å². The van der Waals surface area contributed by atoms with Crippen LogP contribution >= 0.6 is 0 Å². The smallest absolute Gasteiger partial charge is 0.309 e.